The molecule has 2 aromatic rings. The van der Waals surface area contributed by atoms with Crippen LogP contribution in [-0.2, 0) is 23.9 Å². The number of carbonyl (C=O) groups is 6. The molecule has 0 saturated heterocycles. The largest absolute Gasteiger partial charge is 0.481 e. The molecule has 45 heavy (non-hydrogen) atoms. The van der Waals surface area contributed by atoms with Crippen molar-refractivity contribution >= 4 is 92.8 Å². The van der Waals surface area contributed by atoms with Crippen LogP contribution in [0.15, 0.2) is 20.7 Å². The van der Waals surface area contributed by atoms with Gasteiger partial charge in [0.15, 0.2) is 18.1 Å². The number of amides is 4. The molecule has 4 amide bonds. The van der Waals surface area contributed by atoms with Crippen molar-refractivity contribution in [1.82, 2.24) is 31.2 Å². The van der Waals surface area contributed by atoms with Crippen LogP contribution in [0.4, 0.5) is 10.3 Å². The number of guanidine groups is 2. The Morgan fingerprint density at radius 2 is 1.24 bits per heavy atom. The molecule has 246 valence electrons. The summed E-state index contributed by atoms with van der Waals surface area (Å²) < 4.78 is 5.01. The van der Waals surface area contributed by atoms with Crippen LogP contribution >= 0.6 is 35.1 Å². The van der Waals surface area contributed by atoms with Crippen LogP contribution in [0.5, 0.6) is 0 Å². The van der Waals surface area contributed by atoms with E-state index in [1.165, 1.54) is 10.8 Å². The van der Waals surface area contributed by atoms with E-state index < -0.39 is 48.2 Å². The lowest BCUT2D eigenvalue weighted by atomic mass is 10.3. The second-order valence-electron chi connectivity index (χ2n) is 8.36. The highest BCUT2D eigenvalue weighted by Crippen LogP contribution is 2.19. The number of carboxylic acids is 1. The van der Waals surface area contributed by atoms with Gasteiger partial charge >= 0.3 is 11.9 Å². The maximum Gasteiger partial charge on any atom is 0.309 e. The van der Waals surface area contributed by atoms with Crippen molar-refractivity contribution in [2.45, 2.75) is 31.9 Å². The van der Waals surface area contributed by atoms with Crippen LogP contribution < -0.4 is 44.2 Å². The van der Waals surface area contributed by atoms with E-state index in [0.29, 0.717) is 0 Å². The third-order valence-electron chi connectivity index (χ3n) is 4.78. The van der Waals surface area contributed by atoms with Gasteiger partial charge in [0.2, 0.25) is 22.1 Å². The molecule has 0 aliphatic carbocycles. The Morgan fingerprint density at radius 3 is 1.71 bits per heavy atom. The first kappa shape index (κ1) is 37.9. The number of hydrogen-bond acceptors (Lipinski definition) is 13. The summed E-state index contributed by atoms with van der Waals surface area (Å²) in [6.45, 7) is -0.316. The lowest BCUT2D eigenvalue weighted by Gasteiger charge is -2.18. The number of halogens is 1. The number of carbonyl (C=O) groups excluding carboxylic acids is 5. The zero-order chi connectivity index (χ0) is 32.6. The van der Waals surface area contributed by atoms with Gasteiger partial charge in [0.25, 0.3) is 11.8 Å². The molecule has 0 fully saturated rings. The van der Waals surface area contributed by atoms with Crippen molar-refractivity contribution in [2.75, 3.05) is 19.6 Å². The number of hydrogen-bond donors (Lipinski definition) is 9. The number of aliphatic imine (C=N–C) groups is 2. The summed E-state index contributed by atoms with van der Waals surface area (Å²) in [6.07, 6.45) is -2.93. The van der Waals surface area contributed by atoms with Crippen LogP contribution in [0.2, 0.25) is 0 Å². The minimum absolute atomic E-state index is 0. The van der Waals surface area contributed by atoms with Crippen LogP contribution in [0.3, 0.4) is 0 Å². The molecule has 1 unspecified atom stereocenters. The number of nitrogens with zero attached hydrogens (tertiary/aromatic N) is 4. The Morgan fingerprint density at radius 1 is 0.778 bits per heavy atom. The Bertz CT molecular complexity index is 1420. The van der Waals surface area contributed by atoms with Gasteiger partial charge in [0.05, 0.1) is 6.42 Å². The third-order valence-corrected chi connectivity index (χ3v) is 6.25. The Labute approximate surface area is 268 Å². The van der Waals surface area contributed by atoms with Gasteiger partial charge in [-0.1, -0.05) is 0 Å². The summed E-state index contributed by atoms with van der Waals surface area (Å²) in [4.78, 5) is 87.1. The van der Waals surface area contributed by atoms with E-state index in [9.17, 15) is 28.8 Å². The zero-order valence-electron chi connectivity index (χ0n) is 23.3. The first-order valence-electron chi connectivity index (χ1n) is 12.5. The van der Waals surface area contributed by atoms with E-state index in [4.69, 9.17) is 32.8 Å². The molecule has 2 rings (SSSR count). The Kier molecular flexibility index (Phi) is 16.2. The van der Waals surface area contributed by atoms with Crippen molar-refractivity contribution < 1.29 is 38.6 Å². The SMILES string of the molecule is Cl.NC(N)=Nc1nc(C(=O)NCCC(=O)NCCC(=O)OC(CC(=O)O)NC(=O)CCNC(=O)c2csc(N=C(N)N)n2)cs1. The number of aromatic nitrogens is 2. The van der Waals surface area contributed by atoms with E-state index in [0.717, 1.165) is 22.7 Å². The first-order valence-corrected chi connectivity index (χ1v) is 14.2. The standard InChI is InChI=1S/C22H30N12O8S2.ClH/c23-19(24)33-21-30-10(8-43-21)17(40)28-4-1-12(35)27-6-3-16(39)42-14(7-15(37)38)32-13(36)2-5-29-18(41)11-9-44-22(31-11)34-20(25)26;/h8-9,14H,1-7H2,(H,27,35)(H,28,40)(H,29,41)(H,32,36)(H,37,38)(H4,23,24,30,33)(H4,25,26,31,34);1H. The number of esters is 1. The predicted octanol–water partition coefficient (Wildman–Crippen LogP) is -2.26. The second-order valence-corrected chi connectivity index (χ2v) is 10.0. The molecule has 0 spiro atoms. The number of nitrogens with two attached hydrogens (primary N) is 4. The highest BCUT2D eigenvalue weighted by atomic mass is 35.5. The van der Waals surface area contributed by atoms with Gasteiger partial charge in [-0.25, -0.2) is 9.97 Å². The number of rotatable bonds is 17. The van der Waals surface area contributed by atoms with Gasteiger partial charge in [-0.3, -0.25) is 28.8 Å². The molecule has 13 N–H and O–H groups in total. The number of aliphatic carboxylic acids is 1. The van der Waals surface area contributed by atoms with E-state index in [2.05, 4.69) is 41.2 Å². The van der Waals surface area contributed by atoms with E-state index in [-0.39, 0.29) is 84.9 Å². The van der Waals surface area contributed by atoms with E-state index in [1.807, 2.05) is 0 Å². The molecule has 20 nitrogen and oxygen atoms in total. The summed E-state index contributed by atoms with van der Waals surface area (Å²) >= 11 is 2.08. The average Bonchev–Trinajstić information content (AvgIpc) is 3.57. The van der Waals surface area contributed by atoms with Crippen molar-refractivity contribution in [3.05, 3.63) is 22.1 Å². The van der Waals surface area contributed by atoms with Gasteiger partial charge in [0.1, 0.15) is 17.8 Å². The third kappa shape index (κ3) is 15.3. The van der Waals surface area contributed by atoms with Crippen molar-refractivity contribution in [3.63, 3.8) is 0 Å². The summed E-state index contributed by atoms with van der Waals surface area (Å²) in [5, 5.41) is 22.0. The van der Waals surface area contributed by atoms with Gasteiger partial charge in [-0.05, 0) is 0 Å². The molecule has 0 bridgehead atoms. The Hall–Kier alpha value is -5.09. The Balaban J connectivity index is 0.0000101. The fourth-order valence-electron chi connectivity index (χ4n) is 2.96. The molecular formula is C22H31ClN12O8S2. The minimum atomic E-state index is -1.49. The average molecular weight is 691 g/mol. The van der Waals surface area contributed by atoms with E-state index in [1.54, 1.807) is 0 Å². The summed E-state index contributed by atoms with van der Waals surface area (Å²) in [5.41, 5.74) is 21.1. The number of thiazole rings is 2. The van der Waals surface area contributed by atoms with Gasteiger partial charge in [-0.2, -0.15) is 9.98 Å². The van der Waals surface area contributed by atoms with Gasteiger partial charge < -0.3 is 54.0 Å². The van der Waals surface area contributed by atoms with Crippen molar-refractivity contribution in [1.29, 1.82) is 0 Å². The summed E-state index contributed by atoms with van der Waals surface area (Å²) in [6, 6.07) is 0. The fourth-order valence-corrected chi connectivity index (χ4v) is 4.34. The normalized spacial score (nSPS) is 10.7. The van der Waals surface area contributed by atoms with Crippen molar-refractivity contribution in [2.24, 2.45) is 32.9 Å². The maximum absolute atomic E-state index is 12.2. The molecule has 1 atom stereocenters. The molecule has 23 heteroatoms. The molecule has 0 aliphatic heterocycles. The lowest BCUT2D eigenvalue weighted by Crippen LogP contribution is -2.41. The molecule has 2 heterocycles. The highest BCUT2D eigenvalue weighted by molar-refractivity contribution is 7.14. The summed E-state index contributed by atoms with van der Waals surface area (Å²) in [7, 11) is 0. The quantitative estimate of drug-likeness (QED) is 0.0366. The zero-order valence-corrected chi connectivity index (χ0v) is 25.8. The van der Waals surface area contributed by atoms with Gasteiger partial charge in [-0.15, -0.1) is 35.1 Å². The van der Waals surface area contributed by atoms with Gasteiger partial charge in [0, 0.05) is 43.2 Å². The van der Waals surface area contributed by atoms with Crippen LogP contribution in [0.1, 0.15) is 46.7 Å². The number of carboxylic acid groups (broad SMARTS) is 1. The van der Waals surface area contributed by atoms with Crippen LogP contribution in [-0.4, -0.2) is 88.4 Å². The van der Waals surface area contributed by atoms with Crippen LogP contribution in [0, 0.1) is 0 Å². The number of nitrogens with one attached hydrogen (secondary N) is 4. The van der Waals surface area contributed by atoms with Crippen LogP contribution in [0.25, 0.3) is 0 Å². The first-order chi connectivity index (χ1) is 20.8. The lowest BCUT2D eigenvalue weighted by molar-refractivity contribution is -0.155. The summed E-state index contributed by atoms with van der Waals surface area (Å²) in [5.74, 6) is -5.00. The molecular weight excluding hydrogens is 660 g/mol. The smallest absolute Gasteiger partial charge is 0.309 e. The van der Waals surface area contributed by atoms with Crippen molar-refractivity contribution in [3.8, 4) is 0 Å². The monoisotopic (exact) mass is 690 g/mol. The number of ether oxygens (including phenoxy) is 1. The predicted molar refractivity (Wildman–Crippen MR) is 164 cm³/mol. The maximum atomic E-state index is 12.2. The topological polar surface area (TPSA) is 335 Å². The molecule has 0 aliphatic rings. The molecule has 0 radical (unpaired) electrons. The highest BCUT2D eigenvalue weighted by Gasteiger charge is 2.21. The molecule has 2 aromatic heterocycles. The second kappa shape index (κ2) is 19.2. The van der Waals surface area contributed by atoms with E-state index >= 15 is 0 Å². The minimum Gasteiger partial charge on any atom is -0.481 e. The molecule has 0 saturated carbocycles. The molecule has 0 aromatic carbocycles. The fraction of sp³-hybridized carbons (Fsp3) is 0.364.